The van der Waals surface area contributed by atoms with Gasteiger partial charge in [0, 0.05) is 18.6 Å². The van der Waals surface area contributed by atoms with Crippen molar-refractivity contribution in [2.75, 3.05) is 12.4 Å². The molecule has 0 aliphatic carbocycles. The quantitative estimate of drug-likeness (QED) is 0.782. The van der Waals surface area contributed by atoms with Crippen LogP contribution in [0, 0.1) is 0 Å². The van der Waals surface area contributed by atoms with Gasteiger partial charge in [-0.15, -0.1) is 0 Å². The van der Waals surface area contributed by atoms with Crippen molar-refractivity contribution < 1.29 is 4.74 Å². The number of pyridine rings is 1. The lowest BCUT2D eigenvalue weighted by Crippen LogP contribution is -2.02. The van der Waals surface area contributed by atoms with Gasteiger partial charge in [0.2, 0.25) is 0 Å². The smallest absolute Gasteiger partial charge is 0.119 e. The average Bonchev–Trinajstić information content (AvgIpc) is 3.03. The molecule has 0 radical (unpaired) electrons. The van der Waals surface area contributed by atoms with Gasteiger partial charge in [0.1, 0.15) is 5.75 Å². The molecule has 1 aromatic carbocycles. The van der Waals surface area contributed by atoms with Crippen molar-refractivity contribution in [3.63, 3.8) is 0 Å². The molecular weight excluding hydrogens is 300 g/mol. The maximum Gasteiger partial charge on any atom is 0.119 e. The molecule has 0 unspecified atom stereocenters. The molecule has 0 saturated carbocycles. The van der Waals surface area contributed by atoms with Crippen molar-refractivity contribution in [2.24, 2.45) is 0 Å². The standard InChI is InChI=1S/C16H15ClN4O/c1-22-14-4-2-13(3-5-14)21-9-7-12(20-21)10-19-16-6-8-18-11-15(16)17/h2-9,11H,10H2,1H3,(H,18,19). The van der Waals surface area contributed by atoms with E-state index in [0.717, 1.165) is 22.8 Å². The van der Waals surface area contributed by atoms with Crippen LogP contribution in [0.1, 0.15) is 5.69 Å². The number of methoxy groups -OCH3 is 1. The lowest BCUT2D eigenvalue weighted by Gasteiger charge is -2.06. The van der Waals surface area contributed by atoms with Gasteiger partial charge in [0.05, 0.1) is 35.7 Å². The predicted molar refractivity (Wildman–Crippen MR) is 86.7 cm³/mol. The molecule has 2 aromatic heterocycles. The van der Waals surface area contributed by atoms with Gasteiger partial charge >= 0.3 is 0 Å². The fourth-order valence-electron chi connectivity index (χ4n) is 2.04. The first kappa shape index (κ1) is 14.4. The largest absolute Gasteiger partial charge is 0.497 e. The predicted octanol–water partition coefficient (Wildman–Crippen LogP) is 3.54. The molecule has 0 saturated heterocycles. The molecular formula is C16H15ClN4O. The Kier molecular flexibility index (Phi) is 4.25. The number of ether oxygens (including phenoxy) is 1. The first-order valence-corrected chi connectivity index (χ1v) is 7.16. The maximum absolute atomic E-state index is 6.06. The van der Waals surface area contributed by atoms with Gasteiger partial charge in [-0.2, -0.15) is 5.10 Å². The van der Waals surface area contributed by atoms with Crippen LogP contribution in [0.5, 0.6) is 5.75 Å². The number of aromatic nitrogens is 3. The summed E-state index contributed by atoms with van der Waals surface area (Å²) in [6.45, 7) is 0.590. The molecule has 5 nitrogen and oxygen atoms in total. The summed E-state index contributed by atoms with van der Waals surface area (Å²) in [5.74, 6) is 0.824. The van der Waals surface area contributed by atoms with Gasteiger partial charge in [-0.1, -0.05) is 11.6 Å². The molecule has 0 fully saturated rings. The molecule has 3 rings (SSSR count). The molecule has 6 heteroatoms. The summed E-state index contributed by atoms with van der Waals surface area (Å²) in [6.07, 6.45) is 5.23. The van der Waals surface area contributed by atoms with Crippen LogP contribution in [0.3, 0.4) is 0 Å². The molecule has 112 valence electrons. The number of hydrogen-bond acceptors (Lipinski definition) is 4. The van der Waals surface area contributed by atoms with Crippen molar-refractivity contribution in [1.29, 1.82) is 0 Å². The van der Waals surface area contributed by atoms with E-state index in [4.69, 9.17) is 16.3 Å². The van der Waals surface area contributed by atoms with E-state index in [9.17, 15) is 0 Å². The van der Waals surface area contributed by atoms with Gasteiger partial charge in [-0.3, -0.25) is 4.98 Å². The van der Waals surface area contributed by atoms with Gasteiger partial charge in [0.15, 0.2) is 0 Å². The van der Waals surface area contributed by atoms with Crippen LogP contribution in [-0.4, -0.2) is 21.9 Å². The molecule has 3 aromatic rings. The van der Waals surface area contributed by atoms with Crippen molar-refractivity contribution in [1.82, 2.24) is 14.8 Å². The fraction of sp³-hybridized carbons (Fsp3) is 0.125. The number of anilines is 1. The molecule has 0 amide bonds. The first-order chi connectivity index (χ1) is 10.8. The first-order valence-electron chi connectivity index (χ1n) is 6.78. The van der Waals surface area contributed by atoms with Crippen LogP contribution < -0.4 is 10.1 Å². The van der Waals surface area contributed by atoms with Gasteiger partial charge in [-0.05, 0) is 36.4 Å². The number of nitrogens with one attached hydrogen (secondary N) is 1. The molecule has 0 aliphatic heterocycles. The highest BCUT2D eigenvalue weighted by molar-refractivity contribution is 6.33. The Morgan fingerprint density at radius 2 is 2.00 bits per heavy atom. The second-order valence-corrected chi connectivity index (χ2v) is 5.07. The maximum atomic E-state index is 6.06. The summed E-state index contributed by atoms with van der Waals surface area (Å²) in [7, 11) is 1.65. The topological polar surface area (TPSA) is 52.0 Å². The van der Waals surface area contributed by atoms with Crippen LogP contribution in [0.2, 0.25) is 5.02 Å². The van der Waals surface area contributed by atoms with E-state index >= 15 is 0 Å². The van der Waals surface area contributed by atoms with Crippen LogP contribution in [0.25, 0.3) is 5.69 Å². The number of rotatable bonds is 5. The van der Waals surface area contributed by atoms with E-state index in [0.29, 0.717) is 11.6 Å². The van der Waals surface area contributed by atoms with E-state index < -0.39 is 0 Å². The third kappa shape index (κ3) is 3.20. The summed E-state index contributed by atoms with van der Waals surface area (Å²) < 4.78 is 6.98. The second kappa shape index (κ2) is 6.49. The Morgan fingerprint density at radius 3 is 2.73 bits per heavy atom. The lowest BCUT2D eigenvalue weighted by molar-refractivity contribution is 0.414. The summed E-state index contributed by atoms with van der Waals surface area (Å²) in [4.78, 5) is 3.96. The Morgan fingerprint density at radius 1 is 1.18 bits per heavy atom. The van der Waals surface area contributed by atoms with Crippen LogP contribution in [0.4, 0.5) is 5.69 Å². The Balaban J connectivity index is 1.69. The Labute approximate surface area is 133 Å². The van der Waals surface area contributed by atoms with E-state index in [-0.39, 0.29) is 0 Å². The third-order valence-electron chi connectivity index (χ3n) is 3.21. The number of hydrogen-bond donors (Lipinski definition) is 1. The zero-order valence-corrected chi connectivity index (χ0v) is 12.8. The second-order valence-electron chi connectivity index (χ2n) is 4.66. The van der Waals surface area contributed by atoms with E-state index in [1.165, 1.54) is 0 Å². The van der Waals surface area contributed by atoms with Crippen molar-refractivity contribution in [2.45, 2.75) is 6.54 Å². The Bertz CT molecular complexity index is 755. The highest BCUT2D eigenvalue weighted by Gasteiger charge is 2.03. The molecule has 2 heterocycles. The van der Waals surface area contributed by atoms with Crippen LogP contribution in [-0.2, 0) is 6.54 Å². The minimum absolute atomic E-state index is 0.590. The van der Waals surface area contributed by atoms with Gasteiger partial charge in [0.25, 0.3) is 0 Å². The minimum atomic E-state index is 0.590. The molecule has 0 spiro atoms. The van der Waals surface area contributed by atoms with E-state index in [1.807, 2.05) is 47.3 Å². The normalized spacial score (nSPS) is 10.5. The van der Waals surface area contributed by atoms with Crippen molar-refractivity contribution in [3.8, 4) is 11.4 Å². The lowest BCUT2D eigenvalue weighted by atomic mass is 10.3. The number of nitrogens with zero attached hydrogens (tertiary/aromatic N) is 3. The molecule has 0 aliphatic rings. The zero-order valence-electron chi connectivity index (χ0n) is 12.0. The highest BCUT2D eigenvalue weighted by atomic mass is 35.5. The summed E-state index contributed by atoms with van der Waals surface area (Å²) in [5, 5.41) is 8.37. The summed E-state index contributed by atoms with van der Waals surface area (Å²) >= 11 is 6.06. The third-order valence-corrected chi connectivity index (χ3v) is 3.51. The van der Waals surface area contributed by atoms with Gasteiger partial charge in [-0.25, -0.2) is 4.68 Å². The highest BCUT2D eigenvalue weighted by Crippen LogP contribution is 2.20. The molecule has 0 bridgehead atoms. The average molecular weight is 315 g/mol. The van der Waals surface area contributed by atoms with E-state index in [2.05, 4.69) is 15.4 Å². The molecule has 1 N–H and O–H groups in total. The number of halogens is 1. The van der Waals surface area contributed by atoms with Crippen molar-refractivity contribution >= 4 is 17.3 Å². The molecule has 22 heavy (non-hydrogen) atoms. The van der Waals surface area contributed by atoms with E-state index in [1.54, 1.807) is 19.5 Å². The zero-order chi connectivity index (χ0) is 15.4. The van der Waals surface area contributed by atoms with Crippen molar-refractivity contribution in [3.05, 3.63) is 65.7 Å². The number of benzene rings is 1. The van der Waals surface area contributed by atoms with Gasteiger partial charge < -0.3 is 10.1 Å². The monoisotopic (exact) mass is 314 g/mol. The van der Waals surface area contributed by atoms with Crippen LogP contribution >= 0.6 is 11.6 Å². The molecule has 0 atom stereocenters. The Hall–Kier alpha value is -2.53. The fourth-order valence-corrected chi connectivity index (χ4v) is 2.23. The summed E-state index contributed by atoms with van der Waals surface area (Å²) in [6, 6.07) is 11.5. The summed E-state index contributed by atoms with van der Waals surface area (Å²) in [5.41, 5.74) is 2.74. The minimum Gasteiger partial charge on any atom is -0.497 e. The SMILES string of the molecule is COc1ccc(-n2ccc(CNc3ccncc3Cl)n2)cc1. The van der Waals surface area contributed by atoms with Crippen LogP contribution in [0.15, 0.2) is 55.0 Å².